The van der Waals surface area contributed by atoms with E-state index in [1.807, 2.05) is 12.3 Å². The van der Waals surface area contributed by atoms with Crippen LogP contribution in [0.15, 0.2) is 42.6 Å². The summed E-state index contributed by atoms with van der Waals surface area (Å²) in [5.74, 6) is 0. The van der Waals surface area contributed by atoms with Crippen molar-refractivity contribution in [2.24, 2.45) is 0 Å². The average Bonchev–Trinajstić information content (AvgIpc) is 2.84. The third-order valence-corrected chi connectivity index (χ3v) is 4.71. The standard InChI is InChI=1S/C20H25N3/c1-14-8-9-19-18(11-14)16(3)20(22-19)13-23(4)15(2)12-17-7-5-6-10-21-17/h5-11,15,22H,12-13H2,1-4H3. The molecule has 3 aromatic rings. The minimum absolute atomic E-state index is 0.442. The Hall–Kier alpha value is -2.13. The SMILES string of the molecule is Cc1ccc2[nH]c(CN(C)C(C)Cc3ccccn3)c(C)c2c1. The number of hydrogen-bond donors (Lipinski definition) is 1. The van der Waals surface area contributed by atoms with E-state index in [2.05, 4.69) is 73.0 Å². The Morgan fingerprint density at radius 1 is 1.17 bits per heavy atom. The first-order valence-electron chi connectivity index (χ1n) is 8.22. The Morgan fingerprint density at radius 3 is 2.74 bits per heavy atom. The van der Waals surface area contributed by atoms with Crippen LogP contribution >= 0.6 is 0 Å². The minimum atomic E-state index is 0.442. The fourth-order valence-corrected chi connectivity index (χ4v) is 3.04. The van der Waals surface area contributed by atoms with Gasteiger partial charge in [0.2, 0.25) is 0 Å². The summed E-state index contributed by atoms with van der Waals surface area (Å²) >= 11 is 0. The number of benzene rings is 1. The fourth-order valence-electron chi connectivity index (χ4n) is 3.04. The van der Waals surface area contributed by atoms with E-state index < -0.39 is 0 Å². The monoisotopic (exact) mass is 307 g/mol. The van der Waals surface area contributed by atoms with Crippen molar-refractivity contribution in [3.63, 3.8) is 0 Å². The molecule has 0 saturated heterocycles. The fraction of sp³-hybridized carbons (Fsp3) is 0.350. The second-order valence-corrected chi connectivity index (χ2v) is 6.57. The lowest BCUT2D eigenvalue weighted by atomic mass is 10.1. The zero-order valence-corrected chi connectivity index (χ0v) is 14.4. The number of likely N-dealkylation sites (N-methyl/N-ethyl adjacent to an activating group) is 1. The molecule has 1 aromatic carbocycles. The van der Waals surface area contributed by atoms with Gasteiger partial charge < -0.3 is 4.98 Å². The molecule has 0 fully saturated rings. The molecule has 3 rings (SSSR count). The van der Waals surface area contributed by atoms with Crippen LogP contribution in [0.2, 0.25) is 0 Å². The highest BCUT2D eigenvalue weighted by molar-refractivity contribution is 5.85. The number of pyridine rings is 1. The number of H-pyrrole nitrogens is 1. The third-order valence-electron chi connectivity index (χ3n) is 4.71. The molecule has 0 aliphatic carbocycles. The van der Waals surface area contributed by atoms with Gasteiger partial charge in [-0.15, -0.1) is 0 Å². The van der Waals surface area contributed by atoms with Gasteiger partial charge in [0, 0.05) is 47.5 Å². The van der Waals surface area contributed by atoms with Gasteiger partial charge in [-0.25, -0.2) is 0 Å². The first-order valence-corrected chi connectivity index (χ1v) is 8.22. The number of nitrogens with one attached hydrogen (secondary N) is 1. The summed E-state index contributed by atoms with van der Waals surface area (Å²) in [5.41, 5.74) is 6.36. The molecule has 0 aliphatic heterocycles. The topological polar surface area (TPSA) is 31.9 Å². The minimum Gasteiger partial charge on any atom is -0.357 e. The molecule has 0 saturated carbocycles. The third kappa shape index (κ3) is 3.45. The highest BCUT2D eigenvalue weighted by atomic mass is 15.1. The normalized spacial score (nSPS) is 12.9. The van der Waals surface area contributed by atoms with E-state index in [4.69, 9.17) is 0 Å². The van der Waals surface area contributed by atoms with Gasteiger partial charge in [0.15, 0.2) is 0 Å². The molecule has 23 heavy (non-hydrogen) atoms. The van der Waals surface area contributed by atoms with Crippen molar-refractivity contribution in [1.82, 2.24) is 14.9 Å². The molecule has 2 heterocycles. The van der Waals surface area contributed by atoms with Crippen LogP contribution in [-0.2, 0) is 13.0 Å². The van der Waals surface area contributed by atoms with Crippen molar-refractivity contribution >= 4 is 10.9 Å². The maximum absolute atomic E-state index is 4.44. The smallest absolute Gasteiger partial charge is 0.0459 e. The van der Waals surface area contributed by atoms with Crippen LogP contribution in [0.1, 0.15) is 29.4 Å². The lowest BCUT2D eigenvalue weighted by Crippen LogP contribution is -2.31. The Bertz CT molecular complexity index is 789. The summed E-state index contributed by atoms with van der Waals surface area (Å²) in [6.45, 7) is 7.54. The van der Waals surface area contributed by atoms with Crippen molar-refractivity contribution < 1.29 is 0 Å². The Labute approximate surface area is 138 Å². The Morgan fingerprint density at radius 2 is 2.00 bits per heavy atom. The van der Waals surface area contributed by atoms with Gasteiger partial charge in [-0.2, -0.15) is 0 Å². The van der Waals surface area contributed by atoms with Crippen molar-refractivity contribution in [2.75, 3.05) is 7.05 Å². The zero-order chi connectivity index (χ0) is 16.4. The largest absolute Gasteiger partial charge is 0.357 e. The van der Waals surface area contributed by atoms with Crippen molar-refractivity contribution in [1.29, 1.82) is 0 Å². The quantitative estimate of drug-likeness (QED) is 0.764. The molecular formula is C20H25N3. The molecule has 0 bridgehead atoms. The molecule has 0 aliphatic rings. The number of aryl methyl sites for hydroxylation is 2. The number of fused-ring (bicyclic) bond motifs is 1. The van der Waals surface area contributed by atoms with Crippen molar-refractivity contribution in [3.05, 3.63) is 65.1 Å². The Balaban J connectivity index is 1.74. The molecule has 3 heteroatoms. The van der Waals surface area contributed by atoms with Gasteiger partial charge in [0.1, 0.15) is 0 Å². The predicted molar refractivity (Wildman–Crippen MR) is 96.6 cm³/mol. The van der Waals surface area contributed by atoms with Crippen LogP contribution in [-0.4, -0.2) is 28.0 Å². The van der Waals surface area contributed by atoms with Crippen LogP contribution in [0.5, 0.6) is 0 Å². The van der Waals surface area contributed by atoms with E-state index in [9.17, 15) is 0 Å². The van der Waals surface area contributed by atoms with Crippen LogP contribution in [0.4, 0.5) is 0 Å². The highest BCUT2D eigenvalue weighted by Crippen LogP contribution is 2.24. The number of hydrogen-bond acceptors (Lipinski definition) is 2. The molecule has 0 radical (unpaired) electrons. The van der Waals surface area contributed by atoms with Crippen molar-refractivity contribution in [3.8, 4) is 0 Å². The molecule has 0 amide bonds. The summed E-state index contributed by atoms with van der Waals surface area (Å²) in [4.78, 5) is 10.4. The second kappa shape index (κ2) is 6.55. The number of aromatic nitrogens is 2. The van der Waals surface area contributed by atoms with Crippen LogP contribution < -0.4 is 0 Å². The summed E-state index contributed by atoms with van der Waals surface area (Å²) < 4.78 is 0. The first-order chi connectivity index (χ1) is 11.0. The lowest BCUT2D eigenvalue weighted by Gasteiger charge is -2.24. The van der Waals surface area contributed by atoms with Gasteiger partial charge >= 0.3 is 0 Å². The van der Waals surface area contributed by atoms with E-state index >= 15 is 0 Å². The number of nitrogens with zero attached hydrogens (tertiary/aromatic N) is 2. The molecule has 1 N–H and O–H groups in total. The lowest BCUT2D eigenvalue weighted by molar-refractivity contribution is 0.244. The van der Waals surface area contributed by atoms with Crippen LogP contribution in [0, 0.1) is 13.8 Å². The van der Waals surface area contributed by atoms with Gasteiger partial charge in [0.05, 0.1) is 0 Å². The molecule has 0 spiro atoms. The van der Waals surface area contributed by atoms with Crippen LogP contribution in [0.3, 0.4) is 0 Å². The van der Waals surface area contributed by atoms with Gasteiger partial charge in [-0.05, 0) is 57.6 Å². The zero-order valence-electron chi connectivity index (χ0n) is 14.4. The number of rotatable bonds is 5. The molecular weight excluding hydrogens is 282 g/mol. The molecule has 3 nitrogen and oxygen atoms in total. The summed E-state index contributed by atoms with van der Waals surface area (Å²) in [6.07, 6.45) is 2.84. The average molecular weight is 307 g/mol. The highest BCUT2D eigenvalue weighted by Gasteiger charge is 2.14. The summed E-state index contributed by atoms with van der Waals surface area (Å²) in [6, 6.07) is 13.2. The van der Waals surface area contributed by atoms with Gasteiger partial charge in [-0.3, -0.25) is 9.88 Å². The molecule has 2 aromatic heterocycles. The van der Waals surface area contributed by atoms with Gasteiger partial charge in [-0.1, -0.05) is 17.7 Å². The maximum atomic E-state index is 4.44. The second-order valence-electron chi connectivity index (χ2n) is 6.57. The Kier molecular flexibility index (Phi) is 4.49. The predicted octanol–water partition coefficient (Wildman–Crippen LogP) is 4.24. The maximum Gasteiger partial charge on any atom is 0.0459 e. The first kappa shape index (κ1) is 15.8. The molecule has 120 valence electrons. The van der Waals surface area contributed by atoms with E-state index in [-0.39, 0.29) is 0 Å². The molecule has 1 atom stereocenters. The van der Waals surface area contributed by atoms with E-state index in [1.54, 1.807) is 0 Å². The van der Waals surface area contributed by atoms with Crippen LogP contribution in [0.25, 0.3) is 10.9 Å². The van der Waals surface area contributed by atoms with E-state index in [0.717, 1.165) is 18.7 Å². The molecule has 1 unspecified atom stereocenters. The van der Waals surface area contributed by atoms with E-state index in [0.29, 0.717) is 6.04 Å². The summed E-state index contributed by atoms with van der Waals surface area (Å²) in [7, 11) is 2.18. The number of aromatic amines is 1. The van der Waals surface area contributed by atoms with Gasteiger partial charge in [0.25, 0.3) is 0 Å². The summed E-state index contributed by atoms with van der Waals surface area (Å²) in [5, 5.41) is 1.34. The van der Waals surface area contributed by atoms with Crippen molar-refractivity contribution in [2.45, 2.75) is 39.8 Å². The van der Waals surface area contributed by atoms with E-state index in [1.165, 1.54) is 27.7 Å².